The van der Waals surface area contributed by atoms with Crippen LogP contribution in [-0.2, 0) is 0 Å². The average molecular weight is 168 g/mol. The molecule has 2 aliphatic rings. The predicted molar refractivity (Wildman–Crippen MR) is 51.2 cm³/mol. The first kappa shape index (κ1) is 8.52. The van der Waals surface area contributed by atoms with Crippen LogP contribution in [0.2, 0.25) is 0 Å². The molecule has 1 unspecified atom stereocenters. The first-order valence-electron chi connectivity index (χ1n) is 5.35. The Morgan fingerprint density at radius 2 is 2.25 bits per heavy atom. The van der Waals surface area contributed by atoms with Gasteiger partial charge in [-0.1, -0.05) is 13.3 Å². The van der Waals surface area contributed by atoms with Gasteiger partial charge in [0.25, 0.3) is 0 Å². The van der Waals surface area contributed by atoms with Crippen LogP contribution in [-0.4, -0.2) is 37.1 Å². The average Bonchev–Trinajstić information content (AvgIpc) is 2.34. The lowest BCUT2D eigenvalue weighted by Gasteiger charge is -2.35. The van der Waals surface area contributed by atoms with Crippen molar-refractivity contribution in [2.75, 3.05) is 26.2 Å². The summed E-state index contributed by atoms with van der Waals surface area (Å²) in [7, 11) is 0. The second kappa shape index (κ2) is 3.75. The molecule has 0 aromatic rings. The third-order valence-corrected chi connectivity index (χ3v) is 3.29. The van der Waals surface area contributed by atoms with Crippen LogP contribution in [0.15, 0.2) is 0 Å². The summed E-state index contributed by atoms with van der Waals surface area (Å²) < 4.78 is 0. The van der Waals surface area contributed by atoms with Gasteiger partial charge in [0.2, 0.25) is 0 Å². The summed E-state index contributed by atoms with van der Waals surface area (Å²) in [6.45, 7) is 7.50. The van der Waals surface area contributed by atoms with Gasteiger partial charge in [-0.25, -0.2) is 0 Å². The molecule has 2 heterocycles. The van der Waals surface area contributed by atoms with Crippen LogP contribution in [0.3, 0.4) is 0 Å². The van der Waals surface area contributed by atoms with Crippen molar-refractivity contribution < 1.29 is 0 Å². The first-order valence-corrected chi connectivity index (χ1v) is 5.35. The van der Waals surface area contributed by atoms with Crippen molar-refractivity contribution in [2.45, 2.75) is 32.2 Å². The largest absolute Gasteiger partial charge is 0.314 e. The Morgan fingerprint density at radius 1 is 1.42 bits per heavy atom. The third kappa shape index (κ3) is 1.64. The molecule has 0 amide bonds. The zero-order valence-corrected chi connectivity index (χ0v) is 8.05. The molecule has 2 nitrogen and oxygen atoms in total. The number of hydrogen-bond donors (Lipinski definition) is 1. The van der Waals surface area contributed by atoms with Crippen LogP contribution < -0.4 is 5.32 Å². The van der Waals surface area contributed by atoms with Crippen LogP contribution in [0.4, 0.5) is 0 Å². The zero-order chi connectivity index (χ0) is 8.39. The van der Waals surface area contributed by atoms with Crippen LogP contribution in [0, 0.1) is 5.92 Å². The molecule has 12 heavy (non-hydrogen) atoms. The lowest BCUT2D eigenvalue weighted by Crippen LogP contribution is -2.56. The number of nitrogens with one attached hydrogen (secondary N) is 1. The normalized spacial score (nSPS) is 32.2. The van der Waals surface area contributed by atoms with Gasteiger partial charge in [0.05, 0.1) is 0 Å². The van der Waals surface area contributed by atoms with Crippen LogP contribution >= 0.6 is 0 Å². The first-order chi connectivity index (χ1) is 5.90. The Hall–Kier alpha value is -0.0800. The quantitative estimate of drug-likeness (QED) is 0.678. The minimum Gasteiger partial charge on any atom is -0.314 e. The van der Waals surface area contributed by atoms with Gasteiger partial charge < -0.3 is 5.32 Å². The van der Waals surface area contributed by atoms with Gasteiger partial charge in [0, 0.05) is 25.7 Å². The molecule has 70 valence electrons. The smallest absolute Gasteiger partial charge is 0.0345 e. The van der Waals surface area contributed by atoms with Crippen molar-refractivity contribution in [3.8, 4) is 0 Å². The topological polar surface area (TPSA) is 15.3 Å². The van der Waals surface area contributed by atoms with Gasteiger partial charge >= 0.3 is 0 Å². The molecule has 0 aromatic carbocycles. The van der Waals surface area contributed by atoms with Gasteiger partial charge in [-0.2, -0.15) is 0 Å². The van der Waals surface area contributed by atoms with Gasteiger partial charge in [-0.3, -0.25) is 4.90 Å². The molecule has 0 spiro atoms. The van der Waals surface area contributed by atoms with E-state index in [0.717, 1.165) is 12.0 Å². The number of hydrogen-bond acceptors (Lipinski definition) is 2. The standard InChI is InChI=1S/C10H20N2/c1-2-3-9-4-5-12(8-9)10-6-11-7-10/h9-11H,2-8H2,1H3. The highest BCUT2D eigenvalue weighted by Gasteiger charge is 2.30. The molecule has 2 aliphatic heterocycles. The van der Waals surface area contributed by atoms with E-state index in [1.165, 1.54) is 45.4 Å². The number of rotatable bonds is 3. The van der Waals surface area contributed by atoms with Crippen LogP contribution in [0.1, 0.15) is 26.2 Å². The summed E-state index contributed by atoms with van der Waals surface area (Å²) in [5.74, 6) is 1.01. The lowest BCUT2D eigenvalue weighted by molar-refractivity contribution is 0.173. The van der Waals surface area contributed by atoms with Gasteiger partial charge in [-0.15, -0.1) is 0 Å². The fourth-order valence-corrected chi connectivity index (χ4v) is 2.37. The highest BCUT2D eigenvalue weighted by Crippen LogP contribution is 2.23. The molecule has 0 aliphatic carbocycles. The maximum Gasteiger partial charge on any atom is 0.0345 e. The van der Waals surface area contributed by atoms with Crippen molar-refractivity contribution in [3.05, 3.63) is 0 Å². The van der Waals surface area contributed by atoms with Gasteiger partial charge in [0.1, 0.15) is 0 Å². The SMILES string of the molecule is CCCC1CCN(C2CNC2)C1. The third-order valence-electron chi connectivity index (χ3n) is 3.29. The van der Waals surface area contributed by atoms with Crippen molar-refractivity contribution in [2.24, 2.45) is 5.92 Å². The molecule has 0 saturated carbocycles. The summed E-state index contributed by atoms with van der Waals surface area (Å²) in [6.07, 6.45) is 4.25. The highest BCUT2D eigenvalue weighted by molar-refractivity contribution is 4.89. The minimum absolute atomic E-state index is 0.881. The van der Waals surface area contributed by atoms with Crippen molar-refractivity contribution in [1.29, 1.82) is 0 Å². The van der Waals surface area contributed by atoms with Gasteiger partial charge in [-0.05, 0) is 25.3 Å². The Kier molecular flexibility index (Phi) is 2.66. The van der Waals surface area contributed by atoms with E-state index in [4.69, 9.17) is 0 Å². The zero-order valence-electron chi connectivity index (χ0n) is 8.05. The molecular weight excluding hydrogens is 148 g/mol. The van der Waals surface area contributed by atoms with E-state index >= 15 is 0 Å². The molecule has 0 aromatic heterocycles. The monoisotopic (exact) mass is 168 g/mol. The molecule has 1 atom stereocenters. The molecule has 1 N–H and O–H groups in total. The highest BCUT2D eigenvalue weighted by atomic mass is 15.2. The van der Waals surface area contributed by atoms with E-state index in [1.807, 2.05) is 0 Å². The fraction of sp³-hybridized carbons (Fsp3) is 1.00. The van der Waals surface area contributed by atoms with Crippen LogP contribution in [0.25, 0.3) is 0 Å². The Balaban J connectivity index is 1.73. The van der Waals surface area contributed by atoms with Crippen LogP contribution in [0.5, 0.6) is 0 Å². The van der Waals surface area contributed by atoms with Gasteiger partial charge in [0.15, 0.2) is 0 Å². The van der Waals surface area contributed by atoms with E-state index in [-0.39, 0.29) is 0 Å². The Morgan fingerprint density at radius 3 is 2.83 bits per heavy atom. The molecule has 2 rings (SSSR count). The molecular formula is C10H20N2. The second-order valence-electron chi connectivity index (χ2n) is 4.25. The van der Waals surface area contributed by atoms with E-state index in [9.17, 15) is 0 Å². The summed E-state index contributed by atoms with van der Waals surface area (Å²) >= 11 is 0. The summed E-state index contributed by atoms with van der Waals surface area (Å²) in [5, 5.41) is 3.34. The Labute approximate surface area is 75.3 Å². The number of nitrogens with zero attached hydrogens (tertiary/aromatic N) is 1. The maximum absolute atomic E-state index is 3.34. The molecule has 2 fully saturated rings. The second-order valence-corrected chi connectivity index (χ2v) is 4.25. The van der Waals surface area contributed by atoms with Crippen molar-refractivity contribution in [3.63, 3.8) is 0 Å². The lowest BCUT2D eigenvalue weighted by atomic mass is 10.0. The summed E-state index contributed by atoms with van der Waals surface area (Å²) in [5.41, 5.74) is 0. The predicted octanol–water partition coefficient (Wildman–Crippen LogP) is 1.08. The maximum atomic E-state index is 3.34. The minimum atomic E-state index is 0.881. The van der Waals surface area contributed by atoms with E-state index in [1.54, 1.807) is 0 Å². The van der Waals surface area contributed by atoms with Crippen molar-refractivity contribution in [1.82, 2.24) is 10.2 Å². The van der Waals surface area contributed by atoms with E-state index in [0.29, 0.717) is 0 Å². The molecule has 0 radical (unpaired) electrons. The molecule has 2 heteroatoms. The molecule has 2 saturated heterocycles. The molecule has 0 bridgehead atoms. The summed E-state index contributed by atoms with van der Waals surface area (Å²) in [4.78, 5) is 2.68. The van der Waals surface area contributed by atoms with E-state index < -0.39 is 0 Å². The van der Waals surface area contributed by atoms with E-state index in [2.05, 4.69) is 17.1 Å². The fourth-order valence-electron chi connectivity index (χ4n) is 2.37. The summed E-state index contributed by atoms with van der Waals surface area (Å²) in [6, 6.07) is 0.881. The number of likely N-dealkylation sites (tertiary alicyclic amines) is 1. The Bertz CT molecular complexity index is 143. The van der Waals surface area contributed by atoms with Crippen molar-refractivity contribution >= 4 is 0 Å².